The van der Waals surface area contributed by atoms with E-state index in [9.17, 15) is 14.7 Å². The van der Waals surface area contributed by atoms with Gasteiger partial charge >= 0.3 is 0 Å². The summed E-state index contributed by atoms with van der Waals surface area (Å²) in [5.74, 6) is -0.339. The van der Waals surface area contributed by atoms with Crippen molar-refractivity contribution in [3.63, 3.8) is 0 Å². The molecule has 1 heterocycles. The Morgan fingerprint density at radius 1 is 1.22 bits per heavy atom. The second-order valence-corrected chi connectivity index (χ2v) is 7.73. The number of thioether (sulfide) groups is 1. The topological polar surface area (TPSA) is 69.6 Å². The molecule has 0 atom stereocenters. The Kier molecular flexibility index (Phi) is 5.93. The van der Waals surface area contributed by atoms with Crippen molar-refractivity contribution in [2.45, 2.75) is 13.3 Å². The van der Waals surface area contributed by atoms with Crippen LogP contribution >= 0.6 is 24.0 Å². The smallest absolute Gasteiger partial charge is 0.266 e. The molecule has 0 bridgehead atoms. The number of hydrogen-bond donors (Lipinski definition) is 2. The number of para-hydroxylation sites is 1. The second kappa shape index (κ2) is 8.37. The lowest BCUT2D eigenvalue weighted by atomic mass is 10.2. The fourth-order valence-corrected chi connectivity index (χ4v) is 3.82. The third-order valence-corrected chi connectivity index (χ3v) is 5.37. The van der Waals surface area contributed by atoms with Crippen LogP contribution in [0, 0.1) is 6.92 Å². The van der Waals surface area contributed by atoms with Crippen LogP contribution in [-0.2, 0) is 9.59 Å². The normalized spacial score (nSPS) is 15.4. The number of benzene rings is 2. The zero-order valence-corrected chi connectivity index (χ0v) is 16.3. The van der Waals surface area contributed by atoms with Crippen LogP contribution in [0.25, 0.3) is 6.08 Å². The van der Waals surface area contributed by atoms with Gasteiger partial charge in [-0.25, -0.2) is 0 Å². The number of hydrogen-bond acceptors (Lipinski definition) is 5. The molecule has 138 valence electrons. The quantitative estimate of drug-likeness (QED) is 0.590. The van der Waals surface area contributed by atoms with Gasteiger partial charge in [0.25, 0.3) is 5.91 Å². The van der Waals surface area contributed by atoms with Crippen molar-refractivity contribution in [3.8, 4) is 5.75 Å². The molecule has 5 nitrogen and oxygen atoms in total. The van der Waals surface area contributed by atoms with Crippen molar-refractivity contribution in [1.82, 2.24) is 4.90 Å². The third-order valence-electron chi connectivity index (χ3n) is 3.99. The highest BCUT2D eigenvalue weighted by atomic mass is 32.2. The van der Waals surface area contributed by atoms with Gasteiger partial charge in [-0.1, -0.05) is 59.9 Å². The van der Waals surface area contributed by atoms with Crippen molar-refractivity contribution in [2.24, 2.45) is 0 Å². The Morgan fingerprint density at radius 3 is 2.63 bits per heavy atom. The Balaban J connectivity index is 1.61. The summed E-state index contributed by atoms with van der Waals surface area (Å²) in [4.78, 5) is 26.6. The standard InChI is InChI=1S/C20H18N2O3S2/c1-13-6-8-15(9-7-13)21-18(24)10-11-22-19(25)17(27-20(22)26)12-14-4-2-3-5-16(14)23/h2-9,12,23H,10-11H2,1H3,(H,21,24)/b17-12-. The number of nitrogens with one attached hydrogen (secondary N) is 1. The Hall–Kier alpha value is -2.64. The molecule has 2 aromatic carbocycles. The van der Waals surface area contributed by atoms with E-state index >= 15 is 0 Å². The van der Waals surface area contributed by atoms with E-state index in [1.807, 2.05) is 31.2 Å². The molecular formula is C20H18N2O3S2. The number of phenolic OH excluding ortho intramolecular Hbond substituents is 1. The lowest BCUT2D eigenvalue weighted by molar-refractivity contribution is -0.122. The summed E-state index contributed by atoms with van der Waals surface area (Å²) < 4.78 is 0.407. The van der Waals surface area contributed by atoms with Crippen LogP contribution in [0.3, 0.4) is 0 Å². The average molecular weight is 399 g/mol. The molecule has 0 aliphatic carbocycles. The summed E-state index contributed by atoms with van der Waals surface area (Å²) in [7, 11) is 0. The highest BCUT2D eigenvalue weighted by molar-refractivity contribution is 8.26. The van der Waals surface area contributed by atoms with Crippen LogP contribution in [0.1, 0.15) is 17.5 Å². The molecule has 0 aromatic heterocycles. The molecule has 2 aromatic rings. The van der Waals surface area contributed by atoms with Crippen molar-refractivity contribution in [1.29, 1.82) is 0 Å². The molecule has 0 radical (unpaired) electrons. The zero-order valence-electron chi connectivity index (χ0n) is 14.6. The molecule has 2 N–H and O–H groups in total. The Labute approximate surface area is 167 Å². The highest BCUT2D eigenvalue weighted by Crippen LogP contribution is 2.34. The van der Waals surface area contributed by atoms with E-state index in [1.165, 1.54) is 16.7 Å². The van der Waals surface area contributed by atoms with E-state index in [0.29, 0.717) is 14.8 Å². The molecule has 1 aliphatic heterocycles. The predicted molar refractivity (Wildman–Crippen MR) is 112 cm³/mol. The summed E-state index contributed by atoms with van der Waals surface area (Å²) >= 11 is 6.44. The largest absolute Gasteiger partial charge is 0.507 e. The third kappa shape index (κ3) is 4.75. The Morgan fingerprint density at radius 2 is 1.93 bits per heavy atom. The molecule has 1 fully saturated rings. The van der Waals surface area contributed by atoms with Gasteiger partial charge in [-0.3, -0.25) is 14.5 Å². The monoisotopic (exact) mass is 398 g/mol. The van der Waals surface area contributed by atoms with Gasteiger partial charge in [-0.05, 0) is 31.2 Å². The summed E-state index contributed by atoms with van der Waals surface area (Å²) in [5.41, 5.74) is 2.38. The molecule has 2 amide bonds. The zero-order chi connectivity index (χ0) is 19.4. The Bertz CT molecular complexity index is 923. The van der Waals surface area contributed by atoms with Gasteiger partial charge in [0.1, 0.15) is 10.1 Å². The second-order valence-electron chi connectivity index (χ2n) is 6.06. The number of thiocarbonyl (C=S) groups is 1. The van der Waals surface area contributed by atoms with E-state index in [4.69, 9.17) is 12.2 Å². The maximum atomic E-state index is 12.6. The van der Waals surface area contributed by atoms with Gasteiger partial charge in [-0.15, -0.1) is 0 Å². The number of anilines is 1. The number of aryl methyl sites for hydroxylation is 1. The van der Waals surface area contributed by atoms with Crippen molar-refractivity contribution >= 4 is 51.9 Å². The average Bonchev–Trinajstić information content (AvgIpc) is 2.90. The molecule has 0 unspecified atom stereocenters. The molecule has 3 rings (SSSR count). The number of carbonyl (C=O) groups excluding carboxylic acids is 2. The van der Waals surface area contributed by atoms with Gasteiger partial charge in [-0.2, -0.15) is 0 Å². The molecule has 27 heavy (non-hydrogen) atoms. The first kappa shape index (κ1) is 19.1. The van der Waals surface area contributed by atoms with Crippen LogP contribution in [-0.4, -0.2) is 32.7 Å². The van der Waals surface area contributed by atoms with Gasteiger partial charge in [0.15, 0.2) is 0 Å². The van der Waals surface area contributed by atoms with E-state index in [0.717, 1.165) is 11.3 Å². The highest BCUT2D eigenvalue weighted by Gasteiger charge is 2.32. The number of nitrogens with zero attached hydrogens (tertiary/aromatic N) is 1. The first-order valence-electron chi connectivity index (χ1n) is 8.34. The fourth-order valence-electron chi connectivity index (χ4n) is 2.52. The maximum Gasteiger partial charge on any atom is 0.266 e. The van der Waals surface area contributed by atoms with Crippen LogP contribution < -0.4 is 5.32 Å². The van der Waals surface area contributed by atoms with E-state index in [2.05, 4.69) is 5.32 Å². The minimum Gasteiger partial charge on any atom is -0.507 e. The number of phenols is 1. The number of amides is 2. The minimum absolute atomic E-state index is 0.0974. The molecule has 1 saturated heterocycles. The summed E-state index contributed by atoms with van der Waals surface area (Å²) in [5, 5.41) is 12.7. The number of carbonyl (C=O) groups is 2. The van der Waals surface area contributed by atoms with Crippen molar-refractivity contribution in [3.05, 3.63) is 64.6 Å². The SMILES string of the molecule is Cc1ccc(NC(=O)CCN2C(=O)/C(=C/c3ccccc3O)SC2=S)cc1. The van der Waals surface area contributed by atoms with E-state index in [1.54, 1.807) is 30.3 Å². The number of rotatable bonds is 5. The predicted octanol–water partition coefficient (Wildman–Crippen LogP) is 3.93. The van der Waals surface area contributed by atoms with Gasteiger partial charge < -0.3 is 10.4 Å². The maximum absolute atomic E-state index is 12.6. The van der Waals surface area contributed by atoms with Crippen LogP contribution in [0.15, 0.2) is 53.4 Å². The number of aromatic hydroxyl groups is 1. The van der Waals surface area contributed by atoms with Crippen LogP contribution in [0.5, 0.6) is 5.75 Å². The van der Waals surface area contributed by atoms with Gasteiger partial charge in [0.2, 0.25) is 5.91 Å². The lowest BCUT2D eigenvalue weighted by Gasteiger charge is -2.14. The van der Waals surface area contributed by atoms with Crippen molar-refractivity contribution in [2.75, 3.05) is 11.9 Å². The summed E-state index contributed by atoms with van der Waals surface area (Å²) in [6, 6.07) is 14.3. The van der Waals surface area contributed by atoms with Crippen molar-refractivity contribution < 1.29 is 14.7 Å². The molecule has 7 heteroatoms. The molecular weight excluding hydrogens is 380 g/mol. The van der Waals surface area contributed by atoms with Gasteiger partial charge in [0.05, 0.1) is 4.91 Å². The minimum atomic E-state index is -0.253. The fraction of sp³-hybridized carbons (Fsp3) is 0.150. The molecule has 0 spiro atoms. The lowest BCUT2D eigenvalue weighted by Crippen LogP contribution is -2.31. The van der Waals surface area contributed by atoms with Gasteiger partial charge in [0, 0.05) is 24.2 Å². The molecule has 1 aliphatic rings. The van der Waals surface area contributed by atoms with E-state index in [-0.39, 0.29) is 30.5 Å². The van der Waals surface area contributed by atoms with E-state index < -0.39 is 0 Å². The molecule has 0 saturated carbocycles. The van der Waals surface area contributed by atoms with Crippen LogP contribution in [0.2, 0.25) is 0 Å². The summed E-state index contributed by atoms with van der Waals surface area (Å²) in [6.07, 6.45) is 1.76. The van der Waals surface area contributed by atoms with Crippen LogP contribution in [0.4, 0.5) is 5.69 Å². The summed E-state index contributed by atoms with van der Waals surface area (Å²) in [6.45, 7) is 2.18. The first-order valence-corrected chi connectivity index (χ1v) is 9.56. The first-order chi connectivity index (χ1) is 12.9.